The molecule has 1 aliphatic heterocycles. The van der Waals surface area contributed by atoms with E-state index < -0.39 is 11.5 Å². The van der Waals surface area contributed by atoms with Crippen LogP contribution in [0.25, 0.3) is 28.3 Å². The molecule has 2 N–H and O–H groups in total. The molecule has 6 rings (SSSR count). The van der Waals surface area contributed by atoms with Crippen molar-refractivity contribution in [3.8, 4) is 22.8 Å². The molecule has 0 radical (unpaired) electrons. The summed E-state index contributed by atoms with van der Waals surface area (Å²) in [5.41, 5.74) is 1.90. The van der Waals surface area contributed by atoms with Crippen LogP contribution in [0.15, 0.2) is 65.8 Å². The SMILES string of the molecule is CN1CCC(O)(c2cc(-c3cccc(-c4ccnc(Nc5cnn6ccncc56)n4)n3)no2)C1=O. The maximum Gasteiger partial charge on any atom is 0.262 e. The van der Waals surface area contributed by atoms with Gasteiger partial charge >= 0.3 is 0 Å². The summed E-state index contributed by atoms with van der Waals surface area (Å²) in [4.78, 5) is 31.5. The van der Waals surface area contributed by atoms with Gasteiger partial charge in [-0.2, -0.15) is 5.10 Å². The number of likely N-dealkylation sites (tertiary alicyclic amines) is 1. The first-order valence-electron chi connectivity index (χ1n) is 10.8. The van der Waals surface area contributed by atoms with Crippen molar-refractivity contribution < 1.29 is 14.4 Å². The van der Waals surface area contributed by atoms with Crippen molar-refractivity contribution in [1.82, 2.24) is 39.6 Å². The molecule has 12 nitrogen and oxygen atoms in total. The van der Waals surface area contributed by atoms with Crippen molar-refractivity contribution in [2.24, 2.45) is 0 Å². The number of nitrogens with one attached hydrogen (secondary N) is 1. The van der Waals surface area contributed by atoms with Gasteiger partial charge in [0.15, 0.2) is 5.76 Å². The largest absolute Gasteiger partial charge is 0.373 e. The number of pyridine rings is 1. The Labute approximate surface area is 198 Å². The lowest BCUT2D eigenvalue weighted by Crippen LogP contribution is -2.35. The average molecular weight is 469 g/mol. The van der Waals surface area contributed by atoms with Crippen molar-refractivity contribution in [2.45, 2.75) is 12.0 Å². The third kappa shape index (κ3) is 3.56. The Morgan fingerprint density at radius 2 is 1.91 bits per heavy atom. The molecule has 1 fully saturated rings. The summed E-state index contributed by atoms with van der Waals surface area (Å²) in [6, 6.07) is 8.71. The molecule has 35 heavy (non-hydrogen) atoms. The quantitative estimate of drug-likeness (QED) is 0.392. The van der Waals surface area contributed by atoms with Gasteiger partial charge in [-0.15, -0.1) is 0 Å². The number of nitrogens with zero attached hydrogens (tertiary/aromatic N) is 8. The lowest BCUT2D eigenvalue weighted by Gasteiger charge is -2.16. The highest BCUT2D eigenvalue weighted by atomic mass is 16.5. The van der Waals surface area contributed by atoms with E-state index in [1.54, 1.807) is 60.7 Å². The predicted molar refractivity (Wildman–Crippen MR) is 123 cm³/mol. The number of amides is 1. The number of rotatable bonds is 5. The van der Waals surface area contributed by atoms with Crippen molar-refractivity contribution in [3.63, 3.8) is 0 Å². The van der Waals surface area contributed by atoms with Crippen LogP contribution in [0.3, 0.4) is 0 Å². The number of carbonyl (C=O) groups excluding carboxylic acids is 1. The van der Waals surface area contributed by atoms with E-state index in [0.29, 0.717) is 35.3 Å². The number of hydrogen-bond donors (Lipinski definition) is 2. The number of carbonyl (C=O) groups is 1. The molecular weight excluding hydrogens is 450 g/mol. The highest BCUT2D eigenvalue weighted by molar-refractivity contribution is 5.87. The molecular formula is C23H19N9O3. The van der Waals surface area contributed by atoms with E-state index in [2.05, 4.69) is 35.5 Å². The first-order valence-corrected chi connectivity index (χ1v) is 10.8. The van der Waals surface area contributed by atoms with E-state index in [-0.39, 0.29) is 12.2 Å². The number of aliphatic hydroxyl groups is 1. The highest BCUT2D eigenvalue weighted by Gasteiger charge is 2.48. The summed E-state index contributed by atoms with van der Waals surface area (Å²) in [5.74, 6) is 0.0682. The van der Waals surface area contributed by atoms with E-state index >= 15 is 0 Å². The van der Waals surface area contributed by atoms with Gasteiger partial charge in [0.2, 0.25) is 11.5 Å². The molecule has 6 heterocycles. The first kappa shape index (κ1) is 20.9. The average Bonchev–Trinajstić information content (AvgIpc) is 3.61. The number of likely N-dealkylation sites (N-methyl/N-ethyl adjacent to an activating group) is 1. The molecule has 0 aromatic carbocycles. The molecule has 0 spiro atoms. The molecule has 174 valence electrons. The second-order valence-corrected chi connectivity index (χ2v) is 8.18. The van der Waals surface area contributed by atoms with Crippen LogP contribution in [0.4, 0.5) is 11.6 Å². The summed E-state index contributed by atoms with van der Waals surface area (Å²) < 4.78 is 7.05. The Morgan fingerprint density at radius 1 is 1.09 bits per heavy atom. The third-order valence-corrected chi connectivity index (χ3v) is 5.93. The molecule has 0 saturated carbocycles. The monoisotopic (exact) mass is 469 g/mol. The van der Waals surface area contributed by atoms with Crippen LogP contribution in [-0.4, -0.2) is 64.2 Å². The molecule has 12 heteroatoms. The van der Waals surface area contributed by atoms with Crippen LogP contribution >= 0.6 is 0 Å². The molecule has 1 amide bonds. The molecule has 1 unspecified atom stereocenters. The van der Waals surface area contributed by atoms with Crippen LogP contribution < -0.4 is 5.32 Å². The van der Waals surface area contributed by atoms with Crippen LogP contribution in [0.1, 0.15) is 12.2 Å². The Kier molecular flexibility index (Phi) is 4.74. The Balaban J connectivity index is 1.28. The minimum absolute atomic E-state index is 0.102. The van der Waals surface area contributed by atoms with Gasteiger partial charge in [0, 0.05) is 44.7 Å². The molecule has 1 aliphatic rings. The minimum atomic E-state index is -1.71. The van der Waals surface area contributed by atoms with E-state index in [0.717, 1.165) is 11.2 Å². The van der Waals surface area contributed by atoms with Crippen molar-refractivity contribution >= 4 is 23.1 Å². The van der Waals surface area contributed by atoms with E-state index in [1.165, 1.54) is 4.90 Å². The minimum Gasteiger partial charge on any atom is -0.373 e. The topological polar surface area (TPSA) is 147 Å². The lowest BCUT2D eigenvalue weighted by atomic mass is 9.98. The number of aromatic nitrogens is 7. The standard InChI is InChI=1S/C23H19N9O3/c1-31-9-6-23(34,21(31)33)20-11-17(30-35-20)15-4-2-3-14(27-15)16-5-7-25-22(28-16)29-18-12-26-32-10-8-24-13-19(18)32/h2-5,7-8,10-13,34H,6,9H2,1H3,(H,25,28,29). The Bertz CT molecular complexity index is 1560. The Morgan fingerprint density at radius 3 is 2.74 bits per heavy atom. The fraction of sp³-hybridized carbons (Fsp3) is 0.174. The number of fused-ring (bicyclic) bond motifs is 1. The zero-order valence-electron chi connectivity index (χ0n) is 18.5. The van der Waals surface area contributed by atoms with Crippen molar-refractivity contribution in [1.29, 1.82) is 0 Å². The van der Waals surface area contributed by atoms with Gasteiger partial charge in [-0.25, -0.2) is 19.5 Å². The van der Waals surface area contributed by atoms with Gasteiger partial charge < -0.3 is 19.8 Å². The van der Waals surface area contributed by atoms with Crippen LogP contribution in [0, 0.1) is 0 Å². The molecule has 1 saturated heterocycles. The summed E-state index contributed by atoms with van der Waals surface area (Å²) in [5, 5.41) is 22.3. The second kappa shape index (κ2) is 7.95. The third-order valence-electron chi connectivity index (χ3n) is 5.93. The van der Waals surface area contributed by atoms with Gasteiger partial charge in [0.1, 0.15) is 11.2 Å². The zero-order chi connectivity index (χ0) is 24.0. The summed E-state index contributed by atoms with van der Waals surface area (Å²) in [6.45, 7) is 0.439. The number of hydrogen-bond acceptors (Lipinski definition) is 10. The van der Waals surface area contributed by atoms with E-state index in [9.17, 15) is 9.90 Å². The molecule has 5 aromatic rings. The fourth-order valence-electron chi connectivity index (χ4n) is 4.01. The first-order chi connectivity index (χ1) is 17.0. The fourth-order valence-corrected chi connectivity index (χ4v) is 4.01. The Hall–Kier alpha value is -4.71. The summed E-state index contributed by atoms with van der Waals surface area (Å²) in [7, 11) is 1.64. The van der Waals surface area contributed by atoms with Gasteiger partial charge in [-0.3, -0.25) is 9.78 Å². The van der Waals surface area contributed by atoms with Crippen LogP contribution in [0.2, 0.25) is 0 Å². The zero-order valence-corrected chi connectivity index (χ0v) is 18.5. The van der Waals surface area contributed by atoms with Gasteiger partial charge in [0.05, 0.1) is 35.2 Å². The molecule has 0 aliphatic carbocycles. The van der Waals surface area contributed by atoms with Gasteiger partial charge in [-0.1, -0.05) is 11.2 Å². The second-order valence-electron chi connectivity index (χ2n) is 8.18. The molecule has 5 aromatic heterocycles. The van der Waals surface area contributed by atoms with E-state index in [4.69, 9.17) is 4.52 Å². The van der Waals surface area contributed by atoms with Crippen molar-refractivity contribution in [3.05, 3.63) is 67.1 Å². The smallest absolute Gasteiger partial charge is 0.262 e. The van der Waals surface area contributed by atoms with Gasteiger partial charge in [-0.05, 0) is 18.2 Å². The maximum absolute atomic E-state index is 12.4. The predicted octanol–water partition coefficient (Wildman–Crippen LogP) is 2.03. The van der Waals surface area contributed by atoms with Crippen molar-refractivity contribution in [2.75, 3.05) is 18.9 Å². The maximum atomic E-state index is 12.4. The lowest BCUT2D eigenvalue weighted by molar-refractivity contribution is -0.144. The number of anilines is 2. The molecule has 1 atom stereocenters. The normalized spacial score (nSPS) is 17.9. The summed E-state index contributed by atoms with van der Waals surface area (Å²) >= 11 is 0. The highest BCUT2D eigenvalue weighted by Crippen LogP contribution is 2.34. The van der Waals surface area contributed by atoms with E-state index in [1.807, 2.05) is 12.1 Å². The summed E-state index contributed by atoms with van der Waals surface area (Å²) in [6.07, 6.45) is 8.65. The van der Waals surface area contributed by atoms with Gasteiger partial charge in [0.25, 0.3) is 5.91 Å². The van der Waals surface area contributed by atoms with Crippen LogP contribution in [0.5, 0.6) is 0 Å². The molecule has 0 bridgehead atoms. The van der Waals surface area contributed by atoms with Crippen LogP contribution in [-0.2, 0) is 10.4 Å².